The van der Waals surface area contributed by atoms with E-state index < -0.39 is 6.10 Å². The molecule has 1 N–H and O–H groups in total. The molecule has 1 heterocycles. The maximum absolute atomic E-state index is 10.7. The molecule has 0 spiro atoms. The van der Waals surface area contributed by atoms with Gasteiger partial charge in [-0.05, 0) is 46.6 Å². The molecule has 1 unspecified atom stereocenters. The number of ether oxygens (including phenoxy) is 3. The summed E-state index contributed by atoms with van der Waals surface area (Å²) < 4.78 is 17.1. The van der Waals surface area contributed by atoms with E-state index in [2.05, 4.69) is 15.9 Å². The van der Waals surface area contributed by atoms with Gasteiger partial charge in [0.15, 0.2) is 11.5 Å². The highest BCUT2D eigenvalue weighted by Gasteiger charge is 2.22. The van der Waals surface area contributed by atoms with E-state index in [-0.39, 0.29) is 6.79 Å². The van der Waals surface area contributed by atoms with E-state index in [1.54, 1.807) is 6.07 Å². The topological polar surface area (TPSA) is 47.9 Å². The van der Waals surface area contributed by atoms with Gasteiger partial charge in [0.25, 0.3) is 0 Å². The maximum Gasteiger partial charge on any atom is 0.231 e. The van der Waals surface area contributed by atoms with E-state index in [0.29, 0.717) is 23.9 Å². The highest BCUT2D eigenvalue weighted by atomic mass is 79.9. The summed E-state index contributed by atoms with van der Waals surface area (Å²) in [4.78, 5) is 0. The molecule has 2 aromatic carbocycles. The fraction of sp³-hybridized carbons (Fsp3) is 0.250. The fourth-order valence-electron chi connectivity index (χ4n) is 2.32. The number of aliphatic hydroxyl groups excluding tert-OH is 1. The zero-order valence-electron chi connectivity index (χ0n) is 11.5. The number of rotatable bonds is 4. The van der Waals surface area contributed by atoms with Crippen molar-refractivity contribution in [2.75, 3.05) is 13.4 Å². The summed E-state index contributed by atoms with van der Waals surface area (Å²) in [5, 5.41) is 10.7. The number of hydrogen-bond acceptors (Lipinski definition) is 4. The molecule has 0 aromatic heterocycles. The second kappa shape index (κ2) is 5.95. The van der Waals surface area contributed by atoms with E-state index in [9.17, 15) is 5.11 Å². The second-order valence-corrected chi connectivity index (χ2v) is 5.46. The highest BCUT2D eigenvalue weighted by Crippen LogP contribution is 2.42. The van der Waals surface area contributed by atoms with Gasteiger partial charge >= 0.3 is 0 Å². The predicted octanol–water partition coefficient (Wildman–Crippen LogP) is 3.66. The fourth-order valence-corrected chi connectivity index (χ4v) is 2.89. The predicted molar refractivity (Wildman–Crippen MR) is 81.9 cm³/mol. The molecule has 0 amide bonds. The van der Waals surface area contributed by atoms with Gasteiger partial charge in [-0.1, -0.05) is 18.2 Å². The molecule has 0 saturated carbocycles. The average Bonchev–Trinajstić information content (AvgIpc) is 2.96. The van der Waals surface area contributed by atoms with Crippen molar-refractivity contribution in [1.82, 2.24) is 0 Å². The van der Waals surface area contributed by atoms with Crippen molar-refractivity contribution >= 4 is 15.9 Å². The van der Waals surface area contributed by atoms with Crippen molar-refractivity contribution in [3.8, 4) is 17.2 Å². The first kappa shape index (κ1) is 14.2. The summed E-state index contributed by atoms with van der Waals surface area (Å²) in [6.45, 7) is 2.66. The molecule has 0 bridgehead atoms. The van der Waals surface area contributed by atoms with E-state index in [0.717, 1.165) is 15.6 Å². The van der Waals surface area contributed by atoms with Gasteiger partial charge in [-0.3, -0.25) is 0 Å². The average molecular weight is 351 g/mol. The Hall–Kier alpha value is -1.72. The number of aliphatic hydroxyl groups is 1. The summed E-state index contributed by atoms with van der Waals surface area (Å²) in [7, 11) is 0. The van der Waals surface area contributed by atoms with E-state index in [1.807, 2.05) is 37.3 Å². The first-order chi connectivity index (χ1) is 10.2. The molecule has 1 atom stereocenters. The molecule has 0 fully saturated rings. The van der Waals surface area contributed by atoms with Crippen LogP contribution in [-0.2, 0) is 0 Å². The third kappa shape index (κ3) is 2.71. The van der Waals surface area contributed by atoms with Crippen LogP contribution in [0.25, 0.3) is 0 Å². The lowest BCUT2D eigenvalue weighted by Gasteiger charge is -2.16. The van der Waals surface area contributed by atoms with Crippen LogP contribution in [0.2, 0.25) is 0 Å². The number of para-hydroxylation sites is 1. The molecule has 21 heavy (non-hydrogen) atoms. The Morgan fingerprint density at radius 3 is 2.90 bits per heavy atom. The Morgan fingerprint density at radius 2 is 2.10 bits per heavy atom. The third-order valence-electron chi connectivity index (χ3n) is 3.28. The monoisotopic (exact) mass is 350 g/mol. The van der Waals surface area contributed by atoms with E-state index in [4.69, 9.17) is 14.2 Å². The summed E-state index contributed by atoms with van der Waals surface area (Å²) in [5.74, 6) is 1.98. The minimum atomic E-state index is -0.793. The Balaban J connectivity index is 1.99. The van der Waals surface area contributed by atoms with Gasteiger partial charge in [-0.25, -0.2) is 0 Å². The van der Waals surface area contributed by atoms with Crippen LogP contribution in [0.3, 0.4) is 0 Å². The SMILES string of the molecule is CCOc1ccccc1C(O)c1cc(Br)c2c(c1)OCO2. The molecule has 0 radical (unpaired) electrons. The van der Waals surface area contributed by atoms with Crippen molar-refractivity contribution in [2.45, 2.75) is 13.0 Å². The third-order valence-corrected chi connectivity index (χ3v) is 3.87. The van der Waals surface area contributed by atoms with Crippen LogP contribution in [0, 0.1) is 0 Å². The van der Waals surface area contributed by atoms with Crippen LogP contribution in [0.5, 0.6) is 17.2 Å². The molecule has 0 saturated heterocycles. The van der Waals surface area contributed by atoms with Gasteiger partial charge in [-0.2, -0.15) is 0 Å². The molecule has 5 heteroatoms. The van der Waals surface area contributed by atoms with Crippen LogP contribution in [0.15, 0.2) is 40.9 Å². The molecular weight excluding hydrogens is 336 g/mol. The van der Waals surface area contributed by atoms with Gasteiger partial charge in [0.2, 0.25) is 6.79 Å². The smallest absolute Gasteiger partial charge is 0.231 e. The molecule has 1 aliphatic rings. The number of benzene rings is 2. The lowest BCUT2D eigenvalue weighted by Crippen LogP contribution is -2.04. The van der Waals surface area contributed by atoms with Crippen molar-refractivity contribution in [3.05, 3.63) is 52.0 Å². The summed E-state index contributed by atoms with van der Waals surface area (Å²) in [6, 6.07) is 11.1. The minimum Gasteiger partial charge on any atom is -0.493 e. The summed E-state index contributed by atoms with van der Waals surface area (Å²) in [6.07, 6.45) is -0.793. The van der Waals surface area contributed by atoms with Crippen LogP contribution in [-0.4, -0.2) is 18.5 Å². The zero-order chi connectivity index (χ0) is 14.8. The summed E-state index contributed by atoms with van der Waals surface area (Å²) in [5.41, 5.74) is 1.45. The molecular formula is C16H15BrO4. The first-order valence-electron chi connectivity index (χ1n) is 6.69. The van der Waals surface area contributed by atoms with Crippen molar-refractivity contribution in [2.24, 2.45) is 0 Å². The van der Waals surface area contributed by atoms with Crippen molar-refractivity contribution in [3.63, 3.8) is 0 Å². The number of hydrogen-bond donors (Lipinski definition) is 1. The molecule has 0 aliphatic carbocycles. The lowest BCUT2D eigenvalue weighted by atomic mass is 10.0. The van der Waals surface area contributed by atoms with Crippen LogP contribution >= 0.6 is 15.9 Å². The largest absolute Gasteiger partial charge is 0.493 e. The lowest BCUT2D eigenvalue weighted by molar-refractivity contribution is 0.173. The van der Waals surface area contributed by atoms with Gasteiger partial charge in [-0.15, -0.1) is 0 Å². The molecule has 1 aliphatic heterocycles. The quantitative estimate of drug-likeness (QED) is 0.913. The standard InChI is InChI=1S/C16H15BrO4/c1-2-19-13-6-4-3-5-11(13)15(18)10-7-12(17)16-14(8-10)20-9-21-16/h3-8,15,18H,2,9H2,1H3. The Morgan fingerprint density at radius 1 is 1.29 bits per heavy atom. The molecule has 3 rings (SSSR count). The Labute approximate surface area is 131 Å². The van der Waals surface area contributed by atoms with E-state index >= 15 is 0 Å². The molecule has 2 aromatic rings. The van der Waals surface area contributed by atoms with E-state index in [1.165, 1.54) is 0 Å². The van der Waals surface area contributed by atoms with Gasteiger partial charge in [0.1, 0.15) is 11.9 Å². The van der Waals surface area contributed by atoms with Crippen molar-refractivity contribution in [1.29, 1.82) is 0 Å². The Bertz CT molecular complexity index is 657. The molecule has 110 valence electrons. The van der Waals surface area contributed by atoms with Crippen molar-refractivity contribution < 1.29 is 19.3 Å². The second-order valence-electron chi connectivity index (χ2n) is 4.61. The normalized spacial score (nSPS) is 14.0. The Kier molecular flexibility index (Phi) is 4.03. The first-order valence-corrected chi connectivity index (χ1v) is 7.49. The van der Waals surface area contributed by atoms with Gasteiger partial charge in [0.05, 0.1) is 11.1 Å². The van der Waals surface area contributed by atoms with Crippen LogP contribution in [0.1, 0.15) is 24.2 Å². The van der Waals surface area contributed by atoms with Gasteiger partial charge < -0.3 is 19.3 Å². The zero-order valence-corrected chi connectivity index (χ0v) is 13.1. The maximum atomic E-state index is 10.7. The van der Waals surface area contributed by atoms with Crippen LogP contribution < -0.4 is 14.2 Å². The number of halogens is 1. The highest BCUT2D eigenvalue weighted by molar-refractivity contribution is 9.10. The van der Waals surface area contributed by atoms with Gasteiger partial charge in [0, 0.05) is 5.56 Å². The summed E-state index contributed by atoms with van der Waals surface area (Å²) >= 11 is 3.44. The molecule has 4 nitrogen and oxygen atoms in total. The minimum absolute atomic E-state index is 0.197. The van der Waals surface area contributed by atoms with Crippen LogP contribution in [0.4, 0.5) is 0 Å². The number of fused-ring (bicyclic) bond motifs is 1.